The number of hydrogen-bond acceptors (Lipinski definition) is 3. The Bertz CT molecular complexity index is 391. The van der Waals surface area contributed by atoms with E-state index in [0.717, 1.165) is 18.9 Å². The van der Waals surface area contributed by atoms with Gasteiger partial charge in [0.15, 0.2) is 0 Å². The van der Waals surface area contributed by atoms with Crippen molar-refractivity contribution in [2.75, 3.05) is 26.4 Å². The molecule has 114 valence electrons. The quantitative estimate of drug-likeness (QED) is 0.699. The van der Waals surface area contributed by atoms with Crippen LogP contribution in [-0.2, 0) is 4.74 Å². The summed E-state index contributed by atoms with van der Waals surface area (Å²) < 4.78 is 11.5. The molecule has 0 saturated heterocycles. The van der Waals surface area contributed by atoms with Gasteiger partial charge in [0.1, 0.15) is 12.4 Å². The van der Waals surface area contributed by atoms with E-state index in [1.54, 1.807) is 0 Å². The van der Waals surface area contributed by atoms with Crippen molar-refractivity contribution >= 4 is 0 Å². The van der Waals surface area contributed by atoms with E-state index in [4.69, 9.17) is 9.47 Å². The van der Waals surface area contributed by atoms with Crippen LogP contribution in [0.15, 0.2) is 18.2 Å². The molecule has 0 amide bonds. The monoisotopic (exact) mass is 279 g/mol. The van der Waals surface area contributed by atoms with Crippen molar-refractivity contribution in [3.05, 3.63) is 29.3 Å². The van der Waals surface area contributed by atoms with Crippen LogP contribution < -0.4 is 10.1 Å². The topological polar surface area (TPSA) is 30.5 Å². The van der Waals surface area contributed by atoms with E-state index in [0.29, 0.717) is 25.2 Å². The minimum absolute atomic E-state index is 0.298. The molecule has 0 aromatic heterocycles. The molecule has 1 atom stereocenters. The zero-order valence-electron chi connectivity index (χ0n) is 13.5. The van der Waals surface area contributed by atoms with E-state index in [1.165, 1.54) is 11.1 Å². The Balaban J connectivity index is 2.56. The minimum Gasteiger partial charge on any atom is -0.491 e. The second-order valence-corrected chi connectivity index (χ2v) is 5.64. The van der Waals surface area contributed by atoms with Gasteiger partial charge < -0.3 is 14.8 Å². The minimum atomic E-state index is 0.298. The maximum atomic E-state index is 5.90. The first-order valence-corrected chi connectivity index (χ1v) is 7.59. The van der Waals surface area contributed by atoms with E-state index in [9.17, 15) is 0 Å². The van der Waals surface area contributed by atoms with Gasteiger partial charge in [-0.15, -0.1) is 0 Å². The SMILES string of the molecule is CCNC(C)c1ccc(C)cc1OCCOCC(C)C. The fraction of sp³-hybridized carbons (Fsp3) is 0.647. The molecule has 1 unspecified atom stereocenters. The van der Waals surface area contributed by atoms with Gasteiger partial charge >= 0.3 is 0 Å². The fourth-order valence-electron chi connectivity index (χ4n) is 2.07. The summed E-state index contributed by atoms with van der Waals surface area (Å²) in [6.07, 6.45) is 0. The van der Waals surface area contributed by atoms with E-state index in [-0.39, 0.29) is 0 Å². The van der Waals surface area contributed by atoms with Crippen molar-refractivity contribution in [1.82, 2.24) is 5.32 Å². The first kappa shape index (κ1) is 17.0. The molecular weight excluding hydrogens is 250 g/mol. The Morgan fingerprint density at radius 2 is 1.90 bits per heavy atom. The highest BCUT2D eigenvalue weighted by atomic mass is 16.5. The van der Waals surface area contributed by atoms with Crippen LogP contribution in [0.1, 0.15) is 44.9 Å². The molecule has 1 rings (SSSR count). The van der Waals surface area contributed by atoms with Crippen LogP contribution >= 0.6 is 0 Å². The first-order valence-electron chi connectivity index (χ1n) is 7.59. The molecule has 1 N–H and O–H groups in total. The summed E-state index contributed by atoms with van der Waals surface area (Å²) in [7, 11) is 0. The molecular formula is C17H29NO2. The summed E-state index contributed by atoms with van der Waals surface area (Å²) >= 11 is 0. The van der Waals surface area contributed by atoms with Crippen LogP contribution in [0.3, 0.4) is 0 Å². The van der Waals surface area contributed by atoms with Crippen molar-refractivity contribution in [3.63, 3.8) is 0 Å². The standard InChI is InChI=1S/C17H29NO2/c1-6-18-15(5)16-8-7-14(4)11-17(16)20-10-9-19-12-13(2)3/h7-8,11,13,15,18H,6,9-10,12H2,1-5H3. The van der Waals surface area contributed by atoms with E-state index in [1.807, 2.05) is 0 Å². The van der Waals surface area contributed by atoms with Gasteiger partial charge in [0.25, 0.3) is 0 Å². The zero-order valence-corrected chi connectivity index (χ0v) is 13.5. The van der Waals surface area contributed by atoms with Gasteiger partial charge in [-0.25, -0.2) is 0 Å². The smallest absolute Gasteiger partial charge is 0.124 e. The predicted octanol–water partition coefficient (Wildman–Crippen LogP) is 3.72. The van der Waals surface area contributed by atoms with Crippen molar-refractivity contribution in [1.29, 1.82) is 0 Å². The Kier molecular flexibility index (Phi) is 7.63. The molecule has 0 aliphatic rings. The molecule has 0 heterocycles. The van der Waals surface area contributed by atoms with Crippen LogP contribution in [0.2, 0.25) is 0 Å². The van der Waals surface area contributed by atoms with Crippen molar-refractivity contribution in [2.24, 2.45) is 5.92 Å². The van der Waals surface area contributed by atoms with Gasteiger partial charge in [-0.3, -0.25) is 0 Å². The molecule has 1 aromatic carbocycles. The first-order chi connectivity index (χ1) is 9.54. The van der Waals surface area contributed by atoms with Crippen LogP contribution in [0.25, 0.3) is 0 Å². The molecule has 0 aliphatic carbocycles. The van der Waals surface area contributed by atoms with Crippen LogP contribution in [0.5, 0.6) is 5.75 Å². The lowest BCUT2D eigenvalue weighted by molar-refractivity contribution is 0.0815. The Morgan fingerprint density at radius 1 is 1.15 bits per heavy atom. The summed E-state index contributed by atoms with van der Waals surface area (Å²) in [6, 6.07) is 6.68. The molecule has 3 nitrogen and oxygen atoms in total. The molecule has 0 bridgehead atoms. The Morgan fingerprint density at radius 3 is 2.55 bits per heavy atom. The number of aryl methyl sites for hydroxylation is 1. The highest BCUT2D eigenvalue weighted by molar-refractivity contribution is 5.39. The lowest BCUT2D eigenvalue weighted by Gasteiger charge is -2.18. The number of ether oxygens (including phenoxy) is 2. The van der Waals surface area contributed by atoms with Gasteiger partial charge in [-0.05, 0) is 37.9 Å². The Hall–Kier alpha value is -1.06. The zero-order chi connectivity index (χ0) is 15.0. The molecule has 0 saturated carbocycles. The Labute approximate surface area is 123 Å². The van der Waals surface area contributed by atoms with Crippen LogP contribution in [0, 0.1) is 12.8 Å². The molecule has 0 fully saturated rings. The maximum Gasteiger partial charge on any atom is 0.124 e. The molecule has 0 radical (unpaired) electrons. The lowest BCUT2D eigenvalue weighted by atomic mass is 10.0. The summed E-state index contributed by atoms with van der Waals surface area (Å²) in [5.41, 5.74) is 2.43. The highest BCUT2D eigenvalue weighted by Crippen LogP contribution is 2.26. The van der Waals surface area contributed by atoms with Gasteiger partial charge in [0.05, 0.1) is 6.61 Å². The molecule has 20 heavy (non-hydrogen) atoms. The third-order valence-electron chi connectivity index (χ3n) is 3.08. The summed E-state index contributed by atoms with van der Waals surface area (Å²) in [5.74, 6) is 1.53. The second-order valence-electron chi connectivity index (χ2n) is 5.64. The average Bonchev–Trinajstić information content (AvgIpc) is 2.38. The third kappa shape index (κ3) is 5.93. The maximum absolute atomic E-state index is 5.90. The van der Waals surface area contributed by atoms with Crippen molar-refractivity contribution in [2.45, 2.75) is 40.7 Å². The number of benzene rings is 1. The summed E-state index contributed by atoms with van der Waals surface area (Å²) in [5, 5.41) is 3.43. The average molecular weight is 279 g/mol. The van der Waals surface area contributed by atoms with Gasteiger partial charge in [0, 0.05) is 18.2 Å². The molecule has 1 aromatic rings. The van der Waals surface area contributed by atoms with Crippen molar-refractivity contribution in [3.8, 4) is 5.75 Å². The summed E-state index contributed by atoms with van der Waals surface area (Å²) in [6.45, 7) is 13.6. The van der Waals surface area contributed by atoms with Gasteiger partial charge in [0.2, 0.25) is 0 Å². The number of nitrogens with one attached hydrogen (secondary N) is 1. The summed E-state index contributed by atoms with van der Waals surface area (Å²) in [4.78, 5) is 0. The normalized spacial score (nSPS) is 12.7. The second kappa shape index (κ2) is 8.98. The largest absolute Gasteiger partial charge is 0.491 e. The van der Waals surface area contributed by atoms with E-state index < -0.39 is 0 Å². The van der Waals surface area contributed by atoms with E-state index >= 15 is 0 Å². The van der Waals surface area contributed by atoms with Crippen molar-refractivity contribution < 1.29 is 9.47 Å². The van der Waals surface area contributed by atoms with Gasteiger partial charge in [-0.2, -0.15) is 0 Å². The van der Waals surface area contributed by atoms with Gasteiger partial charge in [-0.1, -0.05) is 32.9 Å². The predicted molar refractivity (Wildman–Crippen MR) is 84.4 cm³/mol. The molecule has 3 heteroatoms. The number of hydrogen-bond donors (Lipinski definition) is 1. The lowest BCUT2D eigenvalue weighted by Crippen LogP contribution is -2.19. The fourth-order valence-corrected chi connectivity index (χ4v) is 2.07. The highest BCUT2D eigenvalue weighted by Gasteiger charge is 2.11. The van der Waals surface area contributed by atoms with Crippen LogP contribution in [-0.4, -0.2) is 26.4 Å². The molecule has 0 spiro atoms. The van der Waals surface area contributed by atoms with E-state index in [2.05, 4.69) is 58.1 Å². The molecule has 0 aliphatic heterocycles. The third-order valence-corrected chi connectivity index (χ3v) is 3.08. The number of rotatable bonds is 9. The van der Waals surface area contributed by atoms with Crippen LogP contribution in [0.4, 0.5) is 0 Å².